The van der Waals surface area contributed by atoms with Crippen LogP contribution in [0, 0.1) is 11.8 Å². The summed E-state index contributed by atoms with van der Waals surface area (Å²) in [5.74, 6) is 1.92. The van der Waals surface area contributed by atoms with Gasteiger partial charge in [-0.25, -0.2) is 0 Å². The Morgan fingerprint density at radius 3 is 2.45 bits per heavy atom. The van der Waals surface area contributed by atoms with E-state index in [0.717, 1.165) is 40.9 Å². The first-order valence-electron chi connectivity index (χ1n) is 11.7. The van der Waals surface area contributed by atoms with Gasteiger partial charge in [0.1, 0.15) is 5.52 Å². The van der Waals surface area contributed by atoms with Crippen LogP contribution in [0.5, 0.6) is 0 Å². The minimum Gasteiger partial charge on any atom is -0.380 e. The normalized spacial score (nSPS) is 19.6. The molecule has 2 atom stereocenters. The van der Waals surface area contributed by atoms with E-state index in [-0.39, 0.29) is 5.78 Å². The zero-order valence-electron chi connectivity index (χ0n) is 19.0. The zero-order chi connectivity index (χ0) is 22.5. The average Bonchev–Trinajstić information content (AvgIpc) is 3.26. The second kappa shape index (κ2) is 7.77. The van der Waals surface area contributed by atoms with E-state index >= 15 is 0 Å². The summed E-state index contributed by atoms with van der Waals surface area (Å²) in [5.41, 5.74) is 6.00. The predicted molar refractivity (Wildman–Crippen MR) is 132 cm³/mol. The molecule has 5 heteroatoms. The molecule has 1 aromatic heterocycles. The molecule has 4 aromatic rings. The van der Waals surface area contributed by atoms with Crippen molar-refractivity contribution in [3.05, 3.63) is 77.4 Å². The molecule has 33 heavy (non-hydrogen) atoms. The summed E-state index contributed by atoms with van der Waals surface area (Å²) in [7, 11) is 0. The second-order valence-corrected chi connectivity index (χ2v) is 9.62. The minimum atomic E-state index is 0.0220. The molecule has 166 valence electrons. The molecule has 1 saturated heterocycles. The number of aromatic nitrogens is 1. The van der Waals surface area contributed by atoms with Gasteiger partial charge in [0, 0.05) is 36.4 Å². The number of ketones is 1. The van der Waals surface area contributed by atoms with Crippen LogP contribution < -0.4 is 10.2 Å². The number of anilines is 2. The Bertz CT molecular complexity index is 1350. The van der Waals surface area contributed by atoms with Crippen LogP contribution in [0.1, 0.15) is 41.8 Å². The molecule has 0 spiro atoms. The van der Waals surface area contributed by atoms with Crippen molar-refractivity contribution in [3.63, 3.8) is 0 Å². The van der Waals surface area contributed by atoms with Crippen molar-refractivity contribution >= 4 is 28.1 Å². The Labute approximate surface area is 193 Å². The van der Waals surface area contributed by atoms with E-state index in [2.05, 4.69) is 47.4 Å². The lowest BCUT2D eigenvalue weighted by molar-refractivity contribution is 0.104. The molecule has 0 amide bonds. The van der Waals surface area contributed by atoms with Crippen molar-refractivity contribution < 1.29 is 9.32 Å². The quantitative estimate of drug-likeness (QED) is 0.366. The summed E-state index contributed by atoms with van der Waals surface area (Å²) < 4.78 is 5.92. The van der Waals surface area contributed by atoms with Gasteiger partial charge in [-0.1, -0.05) is 73.6 Å². The SMILES string of the molecule is C[C@@H]1C[C@@H](C)CN(c2cc(NCc3ccccc3)c3c4c(onc24)-c2ccccc2C3=O)C1. The highest BCUT2D eigenvalue weighted by molar-refractivity contribution is 6.28. The van der Waals surface area contributed by atoms with E-state index in [0.29, 0.717) is 35.3 Å². The number of carbonyl (C=O) groups is 1. The van der Waals surface area contributed by atoms with Gasteiger partial charge in [0.05, 0.1) is 16.6 Å². The first kappa shape index (κ1) is 20.0. The number of nitrogens with zero attached hydrogens (tertiary/aromatic N) is 2. The molecular formula is C28H27N3O2. The number of fused-ring (bicyclic) bond motifs is 2. The van der Waals surface area contributed by atoms with E-state index in [4.69, 9.17) is 4.52 Å². The van der Waals surface area contributed by atoms with Crippen LogP contribution in [-0.2, 0) is 6.54 Å². The lowest BCUT2D eigenvalue weighted by atomic mass is 9.85. The van der Waals surface area contributed by atoms with Gasteiger partial charge in [0.2, 0.25) is 0 Å². The molecule has 1 aliphatic carbocycles. The van der Waals surface area contributed by atoms with Crippen LogP contribution in [0.2, 0.25) is 0 Å². The molecule has 6 rings (SSSR count). The molecule has 5 nitrogen and oxygen atoms in total. The Kier molecular flexibility index (Phi) is 4.72. The molecule has 3 aromatic carbocycles. The topological polar surface area (TPSA) is 58.4 Å². The smallest absolute Gasteiger partial charge is 0.196 e. The first-order valence-corrected chi connectivity index (χ1v) is 11.7. The Morgan fingerprint density at radius 2 is 1.70 bits per heavy atom. The van der Waals surface area contributed by atoms with Crippen molar-refractivity contribution in [3.8, 4) is 11.3 Å². The van der Waals surface area contributed by atoms with Gasteiger partial charge in [-0.05, 0) is 29.9 Å². The molecule has 1 N–H and O–H groups in total. The monoisotopic (exact) mass is 437 g/mol. The maximum absolute atomic E-state index is 13.7. The van der Waals surface area contributed by atoms with Gasteiger partial charge in [-0.2, -0.15) is 0 Å². The highest BCUT2D eigenvalue weighted by atomic mass is 16.5. The third-order valence-electron chi connectivity index (χ3n) is 6.91. The highest BCUT2D eigenvalue weighted by Gasteiger charge is 2.34. The first-order chi connectivity index (χ1) is 16.1. The summed E-state index contributed by atoms with van der Waals surface area (Å²) in [6, 6.07) is 20.0. The molecule has 0 unspecified atom stereocenters. The molecule has 0 saturated carbocycles. The van der Waals surface area contributed by atoms with Crippen molar-refractivity contribution in [1.29, 1.82) is 0 Å². The van der Waals surface area contributed by atoms with Crippen molar-refractivity contribution in [2.45, 2.75) is 26.8 Å². The standard InChI is InChI=1S/C28H27N3O2/c1-17-12-18(2)16-31(15-17)23-13-22(29-14-19-8-4-3-5-9-19)24-25-26(23)30-33-28(25)21-11-7-6-10-20(21)27(24)32/h3-11,13,17-18,29H,12,14-16H2,1-2H3/t17-,18-/m1/s1. The fourth-order valence-corrected chi connectivity index (χ4v) is 5.58. The number of piperidine rings is 1. The van der Waals surface area contributed by atoms with Gasteiger partial charge < -0.3 is 14.7 Å². The van der Waals surface area contributed by atoms with Crippen LogP contribution in [0.3, 0.4) is 0 Å². The number of benzene rings is 3. The van der Waals surface area contributed by atoms with Crippen molar-refractivity contribution in [2.75, 3.05) is 23.3 Å². The Morgan fingerprint density at radius 1 is 1.00 bits per heavy atom. The van der Waals surface area contributed by atoms with Gasteiger partial charge in [0.15, 0.2) is 11.5 Å². The fourth-order valence-electron chi connectivity index (χ4n) is 5.58. The number of nitrogens with one attached hydrogen (secondary N) is 1. The molecule has 2 aliphatic rings. The summed E-state index contributed by atoms with van der Waals surface area (Å²) in [5, 5.41) is 8.91. The van der Waals surface area contributed by atoms with Crippen LogP contribution in [0.15, 0.2) is 65.2 Å². The number of hydrogen-bond donors (Lipinski definition) is 1. The number of carbonyl (C=O) groups excluding carboxylic acids is 1. The molecule has 1 fully saturated rings. The molecule has 0 bridgehead atoms. The lowest BCUT2D eigenvalue weighted by Crippen LogP contribution is -2.39. The molecule has 1 aliphatic heterocycles. The summed E-state index contributed by atoms with van der Waals surface area (Å²) >= 11 is 0. The lowest BCUT2D eigenvalue weighted by Gasteiger charge is -2.37. The van der Waals surface area contributed by atoms with E-state index in [1.807, 2.05) is 42.5 Å². The van der Waals surface area contributed by atoms with Crippen LogP contribution in [0.4, 0.5) is 11.4 Å². The van der Waals surface area contributed by atoms with Crippen LogP contribution >= 0.6 is 0 Å². The zero-order valence-corrected chi connectivity index (χ0v) is 19.0. The third kappa shape index (κ3) is 3.30. The average molecular weight is 438 g/mol. The minimum absolute atomic E-state index is 0.0220. The third-order valence-corrected chi connectivity index (χ3v) is 6.91. The van der Waals surface area contributed by atoms with Gasteiger partial charge in [-0.15, -0.1) is 0 Å². The number of hydrogen-bond acceptors (Lipinski definition) is 5. The largest absolute Gasteiger partial charge is 0.380 e. The molecule has 0 radical (unpaired) electrons. The van der Waals surface area contributed by atoms with Gasteiger partial charge in [0.25, 0.3) is 0 Å². The number of rotatable bonds is 4. The maximum Gasteiger partial charge on any atom is 0.196 e. The van der Waals surface area contributed by atoms with Crippen molar-refractivity contribution in [1.82, 2.24) is 5.16 Å². The van der Waals surface area contributed by atoms with E-state index < -0.39 is 0 Å². The summed E-state index contributed by atoms with van der Waals surface area (Å²) in [6.45, 7) is 7.20. The maximum atomic E-state index is 13.7. The molecule has 2 heterocycles. The van der Waals surface area contributed by atoms with E-state index in [1.165, 1.54) is 12.0 Å². The molecular weight excluding hydrogens is 410 g/mol. The highest BCUT2D eigenvalue weighted by Crippen LogP contribution is 2.46. The fraction of sp³-hybridized carbons (Fsp3) is 0.286. The van der Waals surface area contributed by atoms with Crippen molar-refractivity contribution in [2.24, 2.45) is 11.8 Å². The Hall–Kier alpha value is -3.60. The van der Waals surface area contributed by atoms with E-state index in [1.54, 1.807) is 0 Å². The summed E-state index contributed by atoms with van der Waals surface area (Å²) in [4.78, 5) is 16.1. The predicted octanol–water partition coefficient (Wildman–Crippen LogP) is 6.13. The van der Waals surface area contributed by atoms with Crippen LogP contribution in [-0.4, -0.2) is 24.0 Å². The second-order valence-electron chi connectivity index (χ2n) is 9.62. The summed E-state index contributed by atoms with van der Waals surface area (Å²) in [6.07, 6.45) is 1.23. The van der Waals surface area contributed by atoms with Gasteiger partial charge >= 0.3 is 0 Å². The Balaban J connectivity index is 1.54. The van der Waals surface area contributed by atoms with Crippen LogP contribution in [0.25, 0.3) is 22.2 Å². The van der Waals surface area contributed by atoms with Gasteiger partial charge in [-0.3, -0.25) is 4.79 Å². The van der Waals surface area contributed by atoms with E-state index in [9.17, 15) is 4.79 Å².